The van der Waals surface area contributed by atoms with Gasteiger partial charge in [-0.2, -0.15) is 5.10 Å². The SMILES string of the molecule is Cc1cccc(NC(N)=NCC(c2cnn(C)c2)N(C)C)c1. The number of nitrogens with zero attached hydrogens (tertiary/aromatic N) is 4. The summed E-state index contributed by atoms with van der Waals surface area (Å²) in [5, 5.41) is 7.34. The first kappa shape index (κ1) is 16.0. The van der Waals surface area contributed by atoms with Gasteiger partial charge in [-0.05, 0) is 38.7 Å². The normalized spacial score (nSPS) is 13.4. The third kappa shape index (κ3) is 4.33. The predicted octanol–water partition coefficient (Wildman–Crippen LogP) is 1.76. The lowest BCUT2D eigenvalue weighted by Gasteiger charge is -2.21. The number of nitrogens with one attached hydrogen (secondary N) is 1. The summed E-state index contributed by atoms with van der Waals surface area (Å²) in [5.41, 5.74) is 9.24. The zero-order valence-electron chi connectivity index (χ0n) is 13.6. The Morgan fingerprint density at radius 2 is 2.23 bits per heavy atom. The fourth-order valence-corrected chi connectivity index (χ4v) is 2.27. The topological polar surface area (TPSA) is 71.5 Å². The molecule has 118 valence electrons. The molecule has 22 heavy (non-hydrogen) atoms. The van der Waals surface area contributed by atoms with Crippen molar-refractivity contribution >= 4 is 11.6 Å². The Kier molecular flexibility index (Phi) is 5.16. The second kappa shape index (κ2) is 7.09. The summed E-state index contributed by atoms with van der Waals surface area (Å²) in [5.74, 6) is 0.418. The molecule has 0 fully saturated rings. The summed E-state index contributed by atoms with van der Waals surface area (Å²) in [7, 11) is 5.96. The van der Waals surface area contributed by atoms with Crippen molar-refractivity contribution in [3.8, 4) is 0 Å². The number of likely N-dealkylation sites (N-methyl/N-ethyl adjacent to an activating group) is 1. The van der Waals surface area contributed by atoms with Crippen LogP contribution in [0.5, 0.6) is 0 Å². The molecule has 0 aliphatic rings. The third-order valence-corrected chi connectivity index (χ3v) is 3.46. The monoisotopic (exact) mass is 300 g/mol. The number of aromatic nitrogens is 2. The van der Waals surface area contributed by atoms with Gasteiger partial charge in [-0.3, -0.25) is 9.67 Å². The number of rotatable bonds is 5. The fraction of sp³-hybridized carbons (Fsp3) is 0.375. The van der Waals surface area contributed by atoms with Crippen LogP contribution in [0.2, 0.25) is 0 Å². The highest BCUT2D eigenvalue weighted by Crippen LogP contribution is 2.17. The van der Waals surface area contributed by atoms with Gasteiger partial charge in [0.15, 0.2) is 5.96 Å². The summed E-state index contributed by atoms with van der Waals surface area (Å²) in [6.45, 7) is 2.62. The first-order chi connectivity index (χ1) is 10.5. The second-order valence-electron chi connectivity index (χ2n) is 5.65. The van der Waals surface area contributed by atoms with Crippen LogP contribution in [-0.4, -0.2) is 41.3 Å². The second-order valence-corrected chi connectivity index (χ2v) is 5.65. The number of hydrogen-bond acceptors (Lipinski definition) is 3. The summed E-state index contributed by atoms with van der Waals surface area (Å²) in [4.78, 5) is 6.57. The van der Waals surface area contributed by atoms with Crippen molar-refractivity contribution < 1.29 is 0 Å². The van der Waals surface area contributed by atoms with Crippen molar-refractivity contribution in [2.24, 2.45) is 17.8 Å². The van der Waals surface area contributed by atoms with E-state index in [1.165, 1.54) is 5.56 Å². The van der Waals surface area contributed by atoms with Crippen LogP contribution < -0.4 is 11.1 Å². The number of benzene rings is 1. The van der Waals surface area contributed by atoms with Gasteiger partial charge in [-0.25, -0.2) is 0 Å². The van der Waals surface area contributed by atoms with Crippen LogP contribution in [0.25, 0.3) is 0 Å². The molecule has 0 bridgehead atoms. The molecule has 1 aromatic heterocycles. The van der Waals surface area contributed by atoms with E-state index >= 15 is 0 Å². The maximum atomic E-state index is 5.99. The quantitative estimate of drug-likeness (QED) is 0.652. The standard InChI is InChI=1S/C16H24N6/c1-12-6-5-7-14(8-12)20-16(17)18-10-15(21(2)3)13-9-19-22(4)11-13/h5-9,11,15H,10H2,1-4H3,(H3,17,18,20). The smallest absolute Gasteiger partial charge is 0.193 e. The van der Waals surface area contributed by atoms with Gasteiger partial charge in [0.05, 0.1) is 18.8 Å². The Hall–Kier alpha value is -2.34. The van der Waals surface area contributed by atoms with Crippen LogP contribution in [0, 0.1) is 6.92 Å². The Morgan fingerprint density at radius 1 is 1.45 bits per heavy atom. The van der Waals surface area contributed by atoms with Crippen LogP contribution in [0.15, 0.2) is 41.7 Å². The minimum atomic E-state index is 0.145. The van der Waals surface area contributed by atoms with Gasteiger partial charge < -0.3 is 16.0 Å². The number of aliphatic imine (C=N–C) groups is 1. The van der Waals surface area contributed by atoms with Crippen molar-refractivity contribution in [3.05, 3.63) is 47.8 Å². The Morgan fingerprint density at radius 3 is 2.82 bits per heavy atom. The van der Waals surface area contributed by atoms with E-state index in [0.717, 1.165) is 11.3 Å². The first-order valence-corrected chi connectivity index (χ1v) is 7.24. The van der Waals surface area contributed by atoms with Crippen LogP contribution in [0.3, 0.4) is 0 Å². The minimum Gasteiger partial charge on any atom is -0.370 e. The highest BCUT2D eigenvalue weighted by molar-refractivity contribution is 5.92. The van der Waals surface area contributed by atoms with Gasteiger partial charge in [0.2, 0.25) is 0 Å². The van der Waals surface area contributed by atoms with E-state index in [4.69, 9.17) is 5.73 Å². The average molecular weight is 300 g/mol. The molecule has 3 N–H and O–H groups in total. The van der Waals surface area contributed by atoms with Crippen molar-refractivity contribution in [1.29, 1.82) is 0 Å². The van der Waals surface area contributed by atoms with Gasteiger partial charge in [-0.1, -0.05) is 12.1 Å². The van der Waals surface area contributed by atoms with E-state index < -0.39 is 0 Å². The maximum absolute atomic E-state index is 5.99. The molecule has 2 rings (SSSR count). The van der Waals surface area contributed by atoms with Crippen LogP contribution in [0.4, 0.5) is 5.69 Å². The van der Waals surface area contributed by atoms with E-state index in [1.807, 2.05) is 64.7 Å². The van der Waals surface area contributed by atoms with Crippen molar-refractivity contribution in [2.75, 3.05) is 26.0 Å². The fourth-order valence-electron chi connectivity index (χ4n) is 2.27. The zero-order valence-corrected chi connectivity index (χ0v) is 13.6. The highest BCUT2D eigenvalue weighted by atomic mass is 15.2. The Bertz CT molecular complexity index is 644. The van der Waals surface area contributed by atoms with Gasteiger partial charge in [0.1, 0.15) is 0 Å². The molecular formula is C16H24N6. The molecule has 2 aromatic rings. The molecule has 6 nitrogen and oxygen atoms in total. The molecule has 0 radical (unpaired) electrons. The van der Waals surface area contributed by atoms with Crippen molar-refractivity contribution in [3.63, 3.8) is 0 Å². The molecule has 0 saturated heterocycles. The zero-order chi connectivity index (χ0) is 16.1. The van der Waals surface area contributed by atoms with Crippen molar-refractivity contribution in [2.45, 2.75) is 13.0 Å². The molecule has 0 saturated carbocycles. The first-order valence-electron chi connectivity index (χ1n) is 7.24. The van der Waals surface area contributed by atoms with E-state index in [9.17, 15) is 0 Å². The third-order valence-electron chi connectivity index (χ3n) is 3.46. The van der Waals surface area contributed by atoms with Crippen LogP contribution >= 0.6 is 0 Å². The number of aryl methyl sites for hydroxylation is 2. The van der Waals surface area contributed by atoms with Gasteiger partial charge in [-0.15, -0.1) is 0 Å². The van der Waals surface area contributed by atoms with Gasteiger partial charge >= 0.3 is 0 Å². The van der Waals surface area contributed by atoms with E-state index in [1.54, 1.807) is 4.68 Å². The van der Waals surface area contributed by atoms with Crippen LogP contribution in [0.1, 0.15) is 17.2 Å². The number of guanidine groups is 1. The number of hydrogen-bond donors (Lipinski definition) is 2. The number of nitrogens with two attached hydrogens (primary N) is 1. The molecule has 1 aromatic carbocycles. The van der Waals surface area contributed by atoms with E-state index in [2.05, 4.69) is 20.3 Å². The highest BCUT2D eigenvalue weighted by Gasteiger charge is 2.15. The molecule has 1 heterocycles. The molecule has 1 unspecified atom stereocenters. The lowest BCUT2D eigenvalue weighted by Crippen LogP contribution is -2.27. The molecule has 0 spiro atoms. The molecule has 0 aliphatic carbocycles. The Labute approximate surface area is 131 Å². The maximum Gasteiger partial charge on any atom is 0.193 e. The molecule has 0 amide bonds. The molecular weight excluding hydrogens is 276 g/mol. The summed E-state index contributed by atoms with van der Waals surface area (Å²) in [6, 6.07) is 8.19. The average Bonchev–Trinajstić information content (AvgIpc) is 2.85. The Balaban J connectivity index is 2.04. The molecule has 1 atom stereocenters. The summed E-state index contributed by atoms with van der Waals surface area (Å²) >= 11 is 0. The van der Waals surface area contributed by atoms with E-state index in [-0.39, 0.29) is 6.04 Å². The minimum absolute atomic E-state index is 0.145. The number of anilines is 1. The molecule has 0 aliphatic heterocycles. The summed E-state index contributed by atoms with van der Waals surface area (Å²) in [6.07, 6.45) is 3.87. The predicted molar refractivity (Wildman–Crippen MR) is 90.9 cm³/mol. The van der Waals surface area contributed by atoms with Gasteiger partial charge in [0.25, 0.3) is 0 Å². The van der Waals surface area contributed by atoms with E-state index in [0.29, 0.717) is 12.5 Å². The van der Waals surface area contributed by atoms with Gasteiger partial charge in [0, 0.05) is 24.5 Å². The van der Waals surface area contributed by atoms with Crippen LogP contribution in [-0.2, 0) is 7.05 Å². The summed E-state index contributed by atoms with van der Waals surface area (Å²) < 4.78 is 1.80. The largest absolute Gasteiger partial charge is 0.370 e. The lowest BCUT2D eigenvalue weighted by molar-refractivity contribution is 0.306. The van der Waals surface area contributed by atoms with Crippen molar-refractivity contribution in [1.82, 2.24) is 14.7 Å². The molecule has 6 heteroatoms. The lowest BCUT2D eigenvalue weighted by atomic mass is 10.1.